The number of amides is 1. The quantitative estimate of drug-likeness (QED) is 0.531. The molecule has 1 saturated heterocycles. The summed E-state index contributed by atoms with van der Waals surface area (Å²) >= 11 is 0. The number of halogens is 1. The smallest absolute Gasteiger partial charge is 0.352 e. The van der Waals surface area contributed by atoms with Crippen molar-refractivity contribution in [2.75, 3.05) is 40.5 Å². The topological polar surface area (TPSA) is 105 Å². The van der Waals surface area contributed by atoms with Crippen LogP contribution in [0, 0.1) is 5.82 Å². The summed E-state index contributed by atoms with van der Waals surface area (Å²) in [6, 6.07) is 10.2. The lowest BCUT2D eigenvalue weighted by Crippen LogP contribution is -2.48. The molecule has 0 radical (unpaired) electrons. The summed E-state index contributed by atoms with van der Waals surface area (Å²) in [4.78, 5) is 41.2. The maximum absolute atomic E-state index is 13.7. The third-order valence-electron chi connectivity index (χ3n) is 5.40. The fourth-order valence-electron chi connectivity index (χ4n) is 3.65. The molecule has 4 rings (SSSR count). The molecule has 0 N–H and O–H groups in total. The highest BCUT2D eigenvalue weighted by Gasteiger charge is 2.26. The first kappa shape index (κ1) is 23.2. The number of methoxy groups -OCH3 is 2. The molecule has 1 aliphatic rings. The molecule has 0 bridgehead atoms. The van der Waals surface area contributed by atoms with Crippen molar-refractivity contribution < 1.29 is 23.4 Å². The lowest BCUT2D eigenvalue weighted by molar-refractivity contribution is 0.0295. The van der Waals surface area contributed by atoms with Gasteiger partial charge in [0.2, 0.25) is 5.69 Å². The summed E-state index contributed by atoms with van der Waals surface area (Å²) in [6.07, 6.45) is 0. The van der Waals surface area contributed by atoms with Crippen molar-refractivity contribution in [3.63, 3.8) is 0 Å². The lowest BCUT2D eigenvalue weighted by Gasteiger charge is -2.26. The minimum atomic E-state index is -0.859. The highest BCUT2D eigenvalue weighted by molar-refractivity contribution is 5.91. The molecule has 3 aromatic rings. The highest BCUT2D eigenvalue weighted by atomic mass is 19.1. The second-order valence-electron chi connectivity index (χ2n) is 7.51. The SMILES string of the molecule is COc1ccc(-n2nc(C(=O)N3CCOCC3)c(=O)n(Cc3cccc(F)c3)c2=O)cc1OC. The van der Waals surface area contributed by atoms with Gasteiger partial charge >= 0.3 is 5.69 Å². The van der Waals surface area contributed by atoms with Gasteiger partial charge in [0.1, 0.15) is 5.82 Å². The summed E-state index contributed by atoms with van der Waals surface area (Å²) in [7, 11) is 2.91. The number of aromatic nitrogens is 3. The summed E-state index contributed by atoms with van der Waals surface area (Å²) in [6.45, 7) is 1.00. The van der Waals surface area contributed by atoms with Gasteiger partial charge in [-0.3, -0.25) is 14.2 Å². The molecule has 2 heterocycles. The summed E-state index contributed by atoms with van der Waals surface area (Å²) in [5.74, 6) is -0.366. The van der Waals surface area contributed by atoms with Gasteiger partial charge in [0.25, 0.3) is 11.5 Å². The van der Waals surface area contributed by atoms with E-state index in [9.17, 15) is 18.8 Å². The van der Waals surface area contributed by atoms with Crippen LogP contribution in [0.3, 0.4) is 0 Å². The van der Waals surface area contributed by atoms with Crippen LogP contribution in [0.4, 0.5) is 4.39 Å². The molecule has 1 fully saturated rings. The van der Waals surface area contributed by atoms with Crippen LogP contribution in [0.15, 0.2) is 52.1 Å². The van der Waals surface area contributed by atoms with Crippen molar-refractivity contribution in [2.24, 2.45) is 0 Å². The number of carbonyl (C=O) groups is 1. The molecular formula is C23H23FN4O6. The van der Waals surface area contributed by atoms with Crippen LogP contribution in [-0.4, -0.2) is 65.7 Å². The van der Waals surface area contributed by atoms with Crippen LogP contribution in [0.25, 0.3) is 5.69 Å². The van der Waals surface area contributed by atoms with Crippen molar-refractivity contribution in [3.8, 4) is 17.2 Å². The Morgan fingerprint density at radius 1 is 1.06 bits per heavy atom. The molecule has 1 amide bonds. The zero-order valence-electron chi connectivity index (χ0n) is 18.7. The predicted octanol–water partition coefficient (Wildman–Crippen LogP) is 1.07. The number of rotatable bonds is 6. The third-order valence-corrected chi connectivity index (χ3v) is 5.40. The summed E-state index contributed by atoms with van der Waals surface area (Å²) in [5.41, 5.74) is -1.43. The van der Waals surface area contributed by atoms with Crippen molar-refractivity contribution in [1.29, 1.82) is 0 Å². The zero-order valence-corrected chi connectivity index (χ0v) is 18.7. The Hall–Kier alpha value is -3.99. The van der Waals surface area contributed by atoms with Crippen molar-refractivity contribution >= 4 is 5.91 Å². The first-order valence-corrected chi connectivity index (χ1v) is 10.5. The van der Waals surface area contributed by atoms with E-state index in [1.165, 1.54) is 43.4 Å². The second kappa shape index (κ2) is 9.87. The lowest BCUT2D eigenvalue weighted by atomic mass is 10.2. The number of morpholine rings is 1. The van der Waals surface area contributed by atoms with Gasteiger partial charge in [-0.05, 0) is 29.8 Å². The monoisotopic (exact) mass is 470 g/mol. The fraction of sp³-hybridized carbons (Fsp3) is 0.304. The van der Waals surface area contributed by atoms with Gasteiger partial charge in [-0.15, -0.1) is 0 Å². The van der Waals surface area contributed by atoms with E-state index < -0.39 is 28.7 Å². The maximum Gasteiger partial charge on any atom is 0.352 e. The van der Waals surface area contributed by atoms with Gasteiger partial charge in [-0.2, -0.15) is 9.78 Å². The molecule has 0 aliphatic carbocycles. The minimum Gasteiger partial charge on any atom is -0.493 e. The summed E-state index contributed by atoms with van der Waals surface area (Å²) in [5, 5.41) is 4.14. The van der Waals surface area contributed by atoms with E-state index >= 15 is 0 Å². The van der Waals surface area contributed by atoms with E-state index in [1.54, 1.807) is 18.2 Å². The highest BCUT2D eigenvalue weighted by Crippen LogP contribution is 2.28. The normalized spacial score (nSPS) is 13.6. The van der Waals surface area contributed by atoms with Gasteiger partial charge in [-0.25, -0.2) is 9.18 Å². The van der Waals surface area contributed by atoms with E-state index in [0.717, 1.165) is 9.25 Å². The molecule has 178 valence electrons. The third kappa shape index (κ3) is 4.55. The maximum atomic E-state index is 13.7. The zero-order chi connectivity index (χ0) is 24.2. The van der Waals surface area contributed by atoms with Crippen LogP contribution in [-0.2, 0) is 11.3 Å². The first-order valence-electron chi connectivity index (χ1n) is 10.5. The standard InChI is InChI=1S/C23H23FN4O6/c1-32-18-7-6-17(13-19(18)33-2)28-23(31)27(14-15-4-3-5-16(24)12-15)22(30)20(25-28)21(29)26-8-10-34-11-9-26/h3-7,12-13H,8-11,14H2,1-2H3. The van der Waals surface area contributed by atoms with E-state index in [2.05, 4.69) is 5.10 Å². The van der Waals surface area contributed by atoms with Crippen LogP contribution in [0.5, 0.6) is 11.5 Å². The Labute approximate surface area is 193 Å². The molecule has 1 aliphatic heterocycles. The van der Waals surface area contributed by atoms with E-state index in [1.807, 2.05) is 0 Å². The first-order chi connectivity index (χ1) is 16.4. The molecule has 10 nitrogen and oxygen atoms in total. The Balaban J connectivity index is 1.89. The Bertz CT molecular complexity index is 1330. The number of nitrogens with zero attached hydrogens (tertiary/aromatic N) is 4. The average molecular weight is 470 g/mol. The van der Waals surface area contributed by atoms with Crippen LogP contribution in [0.2, 0.25) is 0 Å². The predicted molar refractivity (Wildman–Crippen MR) is 119 cm³/mol. The van der Waals surface area contributed by atoms with Crippen LogP contribution < -0.4 is 20.7 Å². The van der Waals surface area contributed by atoms with E-state index in [4.69, 9.17) is 14.2 Å². The van der Waals surface area contributed by atoms with Gasteiger partial charge in [0.05, 0.1) is 39.7 Å². The molecule has 0 atom stereocenters. The van der Waals surface area contributed by atoms with Gasteiger partial charge in [-0.1, -0.05) is 12.1 Å². The number of benzene rings is 2. The number of ether oxygens (including phenoxy) is 3. The van der Waals surface area contributed by atoms with Crippen molar-refractivity contribution in [1.82, 2.24) is 19.2 Å². The van der Waals surface area contributed by atoms with Gasteiger partial charge < -0.3 is 19.1 Å². The molecule has 1 aromatic heterocycles. The average Bonchev–Trinajstić information content (AvgIpc) is 2.86. The Morgan fingerprint density at radius 2 is 1.79 bits per heavy atom. The van der Waals surface area contributed by atoms with Crippen molar-refractivity contribution in [2.45, 2.75) is 6.54 Å². The van der Waals surface area contributed by atoms with Crippen molar-refractivity contribution in [3.05, 3.63) is 80.4 Å². The molecular weight excluding hydrogens is 447 g/mol. The number of carbonyl (C=O) groups excluding carboxylic acids is 1. The Morgan fingerprint density at radius 3 is 2.47 bits per heavy atom. The number of hydrogen-bond acceptors (Lipinski definition) is 7. The number of hydrogen-bond donors (Lipinski definition) is 0. The largest absolute Gasteiger partial charge is 0.493 e. The Kier molecular flexibility index (Phi) is 6.73. The molecule has 11 heteroatoms. The molecule has 0 unspecified atom stereocenters. The molecule has 34 heavy (non-hydrogen) atoms. The minimum absolute atomic E-state index is 0.241. The fourth-order valence-corrected chi connectivity index (χ4v) is 3.65. The second-order valence-corrected chi connectivity index (χ2v) is 7.51. The van der Waals surface area contributed by atoms with Gasteiger partial charge in [0, 0.05) is 19.2 Å². The van der Waals surface area contributed by atoms with Crippen LogP contribution >= 0.6 is 0 Å². The van der Waals surface area contributed by atoms with Gasteiger partial charge in [0.15, 0.2) is 11.5 Å². The molecule has 2 aromatic carbocycles. The van der Waals surface area contributed by atoms with E-state index in [-0.39, 0.29) is 12.2 Å². The van der Waals surface area contributed by atoms with Crippen LogP contribution in [0.1, 0.15) is 16.1 Å². The molecule has 0 saturated carbocycles. The molecule has 0 spiro atoms. The van der Waals surface area contributed by atoms with E-state index in [0.29, 0.717) is 43.4 Å². The summed E-state index contributed by atoms with van der Waals surface area (Å²) < 4.78 is 31.4.